The van der Waals surface area contributed by atoms with Crippen LogP contribution in [0.2, 0.25) is 0 Å². The zero-order valence-corrected chi connectivity index (χ0v) is 23.1. The molecule has 0 saturated carbocycles. The van der Waals surface area contributed by atoms with Gasteiger partial charge in [0.1, 0.15) is 23.4 Å². The van der Waals surface area contributed by atoms with Crippen molar-refractivity contribution in [2.24, 2.45) is 0 Å². The van der Waals surface area contributed by atoms with Crippen LogP contribution in [0.1, 0.15) is 67.2 Å². The molecule has 0 aliphatic carbocycles. The minimum absolute atomic E-state index is 0.0980. The van der Waals surface area contributed by atoms with Crippen LogP contribution in [0, 0.1) is 3.57 Å². The third-order valence-corrected chi connectivity index (χ3v) is 8.11. The average Bonchev–Trinajstić information content (AvgIpc) is 2.94. The van der Waals surface area contributed by atoms with Crippen LogP contribution in [0.3, 0.4) is 0 Å². The van der Waals surface area contributed by atoms with Crippen molar-refractivity contribution in [2.75, 3.05) is 13.2 Å². The number of halogens is 1. The number of hydrogen-bond donors (Lipinski definition) is 0. The molecule has 2 saturated heterocycles. The van der Waals surface area contributed by atoms with Crippen molar-refractivity contribution in [2.45, 2.75) is 69.5 Å². The van der Waals surface area contributed by atoms with Crippen LogP contribution >= 0.6 is 22.6 Å². The van der Waals surface area contributed by atoms with Gasteiger partial charge in [0.15, 0.2) is 12.6 Å². The maximum Gasteiger partial charge on any atom is 0.199 e. The highest BCUT2D eigenvalue weighted by Gasteiger charge is 2.33. The van der Waals surface area contributed by atoms with Crippen molar-refractivity contribution in [1.29, 1.82) is 0 Å². The second-order valence-corrected chi connectivity index (χ2v) is 11.3. The Hall–Kier alpha value is -2.29. The summed E-state index contributed by atoms with van der Waals surface area (Å²) in [5, 5.41) is 0. The van der Waals surface area contributed by atoms with Gasteiger partial charge >= 0.3 is 0 Å². The van der Waals surface area contributed by atoms with Crippen LogP contribution in [-0.4, -0.2) is 25.8 Å². The van der Waals surface area contributed by atoms with Gasteiger partial charge in [-0.25, -0.2) is 0 Å². The summed E-state index contributed by atoms with van der Waals surface area (Å²) >= 11 is 2.35. The molecule has 3 aromatic carbocycles. The molecule has 6 heteroatoms. The quantitative estimate of drug-likeness (QED) is 0.269. The van der Waals surface area contributed by atoms with E-state index in [0.717, 1.165) is 81.0 Å². The van der Waals surface area contributed by atoms with E-state index in [1.54, 1.807) is 0 Å². The molecular weight excluding hydrogens is 579 g/mol. The number of benzene rings is 3. The molecule has 4 atom stereocenters. The predicted octanol–water partition coefficient (Wildman–Crippen LogP) is 7.56. The molecule has 5 nitrogen and oxygen atoms in total. The molecule has 0 N–H and O–H groups in total. The molecule has 0 spiro atoms. The fraction of sp³-hybridized carbons (Fsp3) is 0.419. The fourth-order valence-electron chi connectivity index (χ4n) is 5.44. The molecule has 0 amide bonds. The monoisotopic (exact) mass is 612 g/mol. The van der Waals surface area contributed by atoms with Gasteiger partial charge in [-0.3, -0.25) is 0 Å². The highest BCUT2D eigenvalue weighted by atomic mass is 127. The van der Waals surface area contributed by atoms with Gasteiger partial charge in [0.05, 0.1) is 13.2 Å². The van der Waals surface area contributed by atoms with E-state index in [1.165, 1.54) is 14.7 Å². The minimum Gasteiger partial charge on any atom is -0.485 e. The highest BCUT2D eigenvalue weighted by Crippen LogP contribution is 2.45. The minimum atomic E-state index is -0.166. The second-order valence-electron chi connectivity index (χ2n) is 10.1. The van der Waals surface area contributed by atoms with Gasteiger partial charge in [0, 0.05) is 22.3 Å². The first kappa shape index (κ1) is 25.0. The summed E-state index contributed by atoms with van der Waals surface area (Å²) < 4.78 is 31.9. The molecule has 194 valence electrons. The van der Waals surface area contributed by atoms with Crippen LogP contribution in [0.5, 0.6) is 17.2 Å². The van der Waals surface area contributed by atoms with E-state index in [2.05, 4.69) is 71.1 Å². The molecule has 0 aromatic heterocycles. The Morgan fingerprint density at radius 3 is 2.08 bits per heavy atom. The van der Waals surface area contributed by atoms with Gasteiger partial charge in [-0.1, -0.05) is 24.3 Å². The van der Waals surface area contributed by atoms with Gasteiger partial charge in [0.2, 0.25) is 0 Å². The molecule has 3 aliphatic rings. The van der Waals surface area contributed by atoms with Crippen LogP contribution < -0.4 is 14.2 Å². The molecule has 2 fully saturated rings. The van der Waals surface area contributed by atoms with E-state index in [0.29, 0.717) is 0 Å². The Morgan fingerprint density at radius 1 is 0.703 bits per heavy atom. The Balaban J connectivity index is 1.29. The standard InChI is InChI=1S/C31H33IO5/c32-24-12-10-21(11-13-24)31-27(22-6-5-7-25(18-22)35-29-8-1-3-16-33-29)20-23-19-26(14-15-28(23)37-31)36-30-9-2-4-17-34-30/h5-7,10-15,18-19,27,29-31H,1-4,8-9,16-17,20H2. The average molecular weight is 613 g/mol. The Morgan fingerprint density at radius 2 is 1.41 bits per heavy atom. The Labute approximate surface area is 232 Å². The molecular formula is C31H33IO5. The van der Waals surface area contributed by atoms with E-state index in [9.17, 15) is 0 Å². The summed E-state index contributed by atoms with van der Waals surface area (Å²) in [5.41, 5.74) is 3.53. The van der Waals surface area contributed by atoms with E-state index in [-0.39, 0.29) is 24.6 Å². The van der Waals surface area contributed by atoms with Gasteiger partial charge < -0.3 is 23.7 Å². The third-order valence-electron chi connectivity index (χ3n) is 7.39. The summed E-state index contributed by atoms with van der Waals surface area (Å²) in [7, 11) is 0. The Kier molecular flexibility index (Phi) is 7.86. The van der Waals surface area contributed by atoms with Crippen molar-refractivity contribution in [3.05, 3.63) is 87.0 Å². The lowest BCUT2D eigenvalue weighted by Gasteiger charge is -2.35. The summed E-state index contributed by atoms with van der Waals surface area (Å²) in [6, 6.07) is 23.3. The van der Waals surface area contributed by atoms with E-state index in [1.807, 2.05) is 18.2 Å². The van der Waals surface area contributed by atoms with Crippen LogP contribution in [0.25, 0.3) is 0 Å². The Bertz CT molecular complexity index is 1180. The lowest BCUT2D eigenvalue weighted by atomic mass is 9.82. The smallest absolute Gasteiger partial charge is 0.199 e. The van der Waals surface area contributed by atoms with Crippen molar-refractivity contribution in [3.63, 3.8) is 0 Å². The zero-order chi connectivity index (χ0) is 25.0. The summed E-state index contributed by atoms with van der Waals surface area (Å²) in [5.74, 6) is 2.74. The molecule has 37 heavy (non-hydrogen) atoms. The normalized spacial score (nSPS) is 25.5. The first-order valence-electron chi connectivity index (χ1n) is 13.4. The lowest BCUT2D eigenvalue weighted by Crippen LogP contribution is -2.26. The number of ether oxygens (including phenoxy) is 5. The van der Waals surface area contributed by atoms with Crippen molar-refractivity contribution in [3.8, 4) is 17.2 Å². The van der Waals surface area contributed by atoms with Gasteiger partial charge in [-0.15, -0.1) is 0 Å². The SMILES string of the molecule is Ic1ccc(C2Oc3ccc(OC4CCCCO4)cc3CC2c2cccc(OC3CCCCO3)c2)cc1. The molecule has 3 aromatic rings. The molecule has 0 bridgehead atoms. The highest BCUT2D eigenvalue weighted by molar-refractivity contribution is 14.1. The van der Waals surface area contributed by atoms with Crippen molar-refractivity contribution in [1.82, 2.24) is 0 Å². The maximum atomic E-state index is 6.70. The first-order valence-corrected chi connectivity index (χ1v) is 14.5. The van der Waals surface area contributed by atoms with Gasteiger partial charge in [0.25, 0.3) is 0 Å². The lowest BCUT2D eigenvalue weighted by molar-refractivity contribution is -0.106. The second kappa shape index (κ2) is 11.6. The summed E-state index contributed by atoms with van der Waals surface area (Å²) in [6.07, 6.45) is 6.78. The van der Waals surface area contributed by atoms with Gasteiger partial charge in [-0.2, -0.15) is 0 Å². The van der Waals surface area contributed by atoms with E-state index >= 15 is 0 Å². The van der Waals surface area contributed by atoms with Crippen molar-refractivity contribution >= 4 is 22.6 Å². The van der Waals surface area contributed by atoms with Gasteiger partial charge in [-0.05, 0) is 114 Å². The van der Waals surface area contributed by atoms with Crippen molar-refractivity contribution < 1.29 is 23.7 Å². The van der Waals surface area contributed by atoms with E-state index in [4.69, 9.17) is 23.7 Å². The first-order chi connectivity index (χ1) is 18.2. The molecule has 0 radical (unpaired) electrons. The number of fused-ring (bicyclic) bond motifs is 1. The van der Waals surface area contributed by atoms with Crippen LogP contribution in [0.15, 0.2) is 66.7 Å². The third kappa shape index (κ3) is 6.07. The largest absolute Gasteiger partial charge is 0.485 e. The molecule has 3 heterocycles. The van der Waals surface area contributed by atoms with Crippen LogP contribution in [-0.2, 0) is 15.9 Å². The summed E-state index contributed by atoms with van der Waals surface area (Å²) in [4.78, 5) is 0. The fourth-order valence-corrected chi connectivity index (χ4v) is 5.80. The number of rotatable bonds is 6. The molecule has 6 rings (SSSR count). The molecule has 4 unspecified atom stereocenters. The zero-order valence-electron chi connectivity index (χ0n) is 20.9. The topological polar surface area (TPSA) is 46.2 Å². The number of hydrogen-bond acceptors (Lipinski definition) is 5. The molecule has 3 aliphatic heterocycles. The predicted molar refractivity (Wildman–Crippen MR) is 150 cm³/mol. The summed E-state index contributed by atoms with van der Waals surface area (Å²) in [6.45, 7) is 1.53. The van der Waals surface area contributed by atoms with Crippen LogP contribution in [0.4, 0.5) is 0 Å². The maximum absolute atomic E-state index is 6.70. The van der Waals surface area contributed by atoms with E-state index < -0.39 is 0 Å².